The number of benzene rings is 1. The number of nitrogens with zero attached hydrogens (tertiary/aromatic N) is 1. The first-order valence-corrected chi connectivity index (χ1v) is 6.42. The number of carbonyl (C=O) groups excluding carboxylic acids is 1. The zero-order chi connectivity index (χ0) is 15.5. The van der Waals surface area contributed by atoms with Crippen molar-refractivity contribution in [1.29, 1.82) is 5.26 Å². The third-order valence-electron chi connectivity index (χ3n) is 2.56. The van der Waals surface area contributed by atoms with E-state index < -0.39 is 11.7 Å². The normalized spacial score (nSPS) is 9.95. The Hall–Kier alpha value is -2.17. The summed E-state index contributed by atoms with van der Waals surface area (Å²) in [6, 6.07) is 6.33. The Morgan fingerprint density at radius 1 is 1.48 bits per heavy atom. The van der Waals surface area contributed by atoms with Crippen molar-refractivity contribution in [2.45, 2.75) is 6.54 Å². The van der Waals surface area contributed by atoms with Crippen molar-refractivity contribution >= 4 is 5.91 Å². The quantitative estimate of drug-likeness (QED) is 0.514. The molecule has 0 radical (unpaired) electrons. The minimum absolute atomic E-state index is 0.0366. The molecule has 0 aliphatic heterocycles. The van der Waals surface area contributed by atoms with E-state index in [1.807, 2.05) is 0 Å². The summed E-state index contributed by atoms with van der Waals surface area (Å²) in [5.74, 6) is -0.971. The first-order valence-electron chi connectivity index (χ1n) is 6.42. The van der Waals surface area contributed by atoms with Gasteiger partial charge in [-0.15, -0.1) is 0 Å². The molecule has 1 amide bonds. The van der Waals surface area contributed by atoms with Crippen LogP contribution in [0.25, 0.3) is 0 Å². The smallest absolute Gasteiger partial charge is 0.258 e. The van der Waals surface area contributed by atoms with Gasteiger partial charge in [0, 0.05) is 25.8 Å². The molecule has 0 fully saturated rings. The molecule has 7 heteroatoms. The van der Waals surface area contributed by atoms with Crippen LogP contribution in [0.5, 0.6) is 5.75 Å². The van der Waals surface area contributed by atoms with Gasteiger partial charge in [-0.05, 0) is 6.07 Å². The van der Waals surface area contributed by atoms with E-state index in [1.54, 1.807) is 25.3 Å². The summed E-state index contributed by atoms with van der Waals surface area (Å²) < 4.78 is 23.9. The van der Waals surface area contributed by atoms with Gasteiger partial charge in [-0.1, -0.05) is 12.1 Å². The first kappa shape index (κ1) is 16.9. The Morgan fingerprint density at radius 2 is 2.29 bits per heavy atom. The van der Waals surface area contributed by atoms with Crippen molar-refractivity contribution in [3.8, 4) is 11.8 Å². The number of nitrogens with one attached hydrogen (secondary N) is 2. The van der Waals surface area contributed by atoms with Crippen LogP contribution in [0.15, 0.2) is 18.2 Å². The van der Waals surface area contributed by atoms with Gasteiger partial charge in [0.25, 0.3) is 5.91 Å². The van der Waals surface area contributed by atoms with E-state index >= 15 is 0 Å². The highest BCUT2D eigenvalue weighted by molar-refractivity contribution is 5.77. The second kappa shape index (κ2) is 9.69. The molecular weight excluding hydrogens is 277 g/mol. The van der Waals surface area contributed by atoms with Gasteiger partial charge in [-0.25, -0.2) is 4.39 Å². The number of hydrogen-bond donors (Lipinski definition) is 2. The molecule has 0 saturated heterocycles. The molecule has 0 bridgehead atoms. The van der Waals surface area contributed by atoms with Crippen LogP contribution in [-0.4, -0.2) is 39.3 Å². The van der Waals surface area contributed by atoms with Gasteiger partial charge in [0.05, 0.1) is 12.7 Å². The van der Waals surface area contributed by atoms with Crippen LogP contribution in [0.4, 0.5) is 4.39 Å². The zero-order valence-corrected chi connectivity index (χ0v) is 11.8. The Kier molecular flexibility index (Phi) is 7.79. The highest BCUT2D eigenvalue weighted by atomic mass is 19.1. The summed E-state index contributed by atoms with van der Waals surface area (Å²) in [6.45, 7) is 1.12. The summed E-state index contributed by atoms with van der Waals surface area (Å²) >= 11 is 0. The minimum Gasteiger partial charge on any atom is -0.480 e. The number of methoxy groups -OCH3 is 1. The first-order chi connectivity index (χ1) is 10.2. The molecule has 0 saturated carbocycles. The fraction of sp³-hybridized carbons (Fsp3) is 0.429. The molecule has 1 rings (SSSR count). The number of hydrogen-bond acceptors (Lipinski definition) is 5. The van der Waals surface area contributed by atoms with Crippen LogP contribution >= 0.6 is 0 Å². The van der Waals surface area contributed by atoms with E-state index in [9.17, 15) is 9.18 Å². The molecule has 6 nitrogen and oxygen atoms in total. The predicted molar refractivity (Wildman–Crippen MR) is 74.1 cm³/mol. The van der Waals surface area contributed by atoms with Gasteiger partial charge in [0.2, 0.25) is 0 Å². The summed E-state index contributed by atoms with van der Waals surface area (Å²) in [5, 5.41) is 13.7. The molecule has 0 atom stereocenters. The Bertz CT molecular complexity index is 503. The Labute approximate surface area is 122 Å². The molecule has 0 spiro atoms. The van der Waals surface area contributed by atoms with Crippen molar-refractivity contribution in [3.05, 3.63) is 29.6 Å². The van der Waals surface area contributed by atoms with E-state index in [0.717, 1.165) is 0 Å². The monoisotopic (exact) mass is 295 g/mol. The van der Waals surface area contributed by atoms with Crippen LogP contribution in [-0.2, 0) is 16.1 Å². The number of amides is 1. The molecule has 0 aromatic heterocycles. The zero-order valence-electron chi connectivity index (χ0n) is 11.8. The molecule has 0 unspecified atom stereocenters. The van der Waals surface area contributed by atoms with Crippen LogP contribution < -0.4 is 15.4 Å². The number of para-hydroxylation sites is 1. The van der Waals surface area contributed by atoms with Crippen molar-refractivity contribution in [2.75, 3.05) is 33.4 Å². The maximum Gasteiger partial charge on any atom is 0.258 e. The summed E-state index contributed by atoms with van der Waals surface area (Å²) in [4.78, 5) is 11.4. The van der Waals surface area contributed by atoms with E-state index in [-0.39, 0.29) is 18.9 Å². The average Bonchev–Trinajstić information content (AvgIpc) is 2.48. The standard InChI is InChI=1S/C14H18FN3O3/c1-20-8-7-17-9-11-3-2-4-12(15)14(11)21-10-13(19)18-6-5-16/h2-4,17H,6-10H2,1H3,(H,18,19). The second-order valence-electron chi connectivity index (χ2n) is 4.12. The van der Waals surface area contributed by atoms with Gasteiger partial charge in [-0.3, -0.25) is 4.79 Å². The largest absolute Gasteiger partial charge is 0.480 e. The lowest BCUT2D eigenvalue weighted by Gasteiger charge is -2.12. The van der Waals surface area contributed by atoms with Crippen LogP contribution in [0.2, 0.25) is 0 Å². The Morgan fingerprint density at radius 3 is 3.00 bits per heavy atom. The lowest BCUT2D eigenvalue weighted by atomic mass is 10.2. The average molecular weight is 295 g/mol. The number of halogens is 1. The molecular formula is C14H18FN3O3. The van der Waals surface area contributed by atoms with Crippen molar-refractivity contribution in [3.63, 3.8) is 0 Å². The lowest BCUT2D eigenvalue weighted by Crippen LogP contribution is -2.29. The summed E-state index contributed by atoms with van der Waals surface area (Å²) in [7, 11) is 1.60. The van der Waals surface area contributed by atoms with Crippen molar-refractivity contribution in [1.82, 2.24) is 10.6 Å². The molecule has 2 N–H and O–H groups in total. The highest BCUT2D eigenvalue weighted by Gasteiger charge is 2.11. The molecule has 114 valence electrons. The van der Waals surface area contributed by atoms with Gasteiger partial charge in [0.1, 0.15) is 6.54 Å². The van der Waals surface area contributed by atoms with Gasteiger partial charge in [0.15, 0.2) is 18.2 Å². The third-order valence-corrected chi connectivity index (χ3v) is 2.56. The molecule has 21 heavy (non-hydrogen) atoms. The maximum atomic E-state index is 13.8. The fourth-order valence-electron chi connectivity index (χ4n) is 1.58. The molecule has 0 aliphatic rings. The highest BCUT2D eigenvalue weighted by Crippen LogP contribution is 2.22. The number of ether oxygens (including phenoxy) is 2. The van der Waals surface area contributed by atoms with E-state index in [4.69, 9.17) is 14.7 Å². The van der Waals surface area contributed by atoms with Gasteiger partial charge in [-0.2, -0.15) is 5.26 Å². The predicted octanol–water partition coefficient (Wildman–Crippen LogP) is 0.580. The topological polar surface area (TPSA) is 83.4 Å². The van der Waals surface area contributed by atoms with Crippen LogP contribution in [0.3, 0.4) is 0 Å². The maximum absolute atomic E-state index is 13.8. The summed E-state index contributed by atoms with van der Waals surface area (Å²) in [5.41, 5.74) is 0.610. The van der Waals surface area contributed by atoms with Crippen LogP contribution in [0, 0.1) is 17.1 Å². The number of nitriles is 1. The molecule has 0 heterocycles. The van der Waals surface area contributed by atoms with Crippen molar-refractivity contribution in [2.24, 2.45) is 0 Å². The Balaban J connectivity index is 2.58. The molecule has 0 aliphatic carbocycles. The van der Waals surface area contributed by atoms with E-state index in [1.165, 1.54) is 6.07 Å². The third kappa shape index (κ3) is 6.21. The van der Waals surface area contributed by atoms with E-state index in [2.05, 4.69) is 10.6 Å². The SMILES string of the molecule is COCCNCc1cccc(F)c1OCC(=O)NCC#N. The number of carbonyl (C=O) groups is 1. The lowest BCUT2D eigenvalue weighted by molar-refractivity contribution is -0.122. The molecule has 1 aromatic carbocycles. The summed E-state index contributed by atoms with van der Waals surface area (Å²) in [6.07, 6.45) is 0. The van der Waals surface area contributed by atoms with E-state index in [0.29, 0.717) is 25.3 Å². The van der Waals surface area contributed by atoms with Gasteiger partial charge >= 0.3 is 0 Å². The fourth-order valence-corrected chi connectivity index (χ4v) is 1.58. The minimum atomic E-state index is -0.533. The van der Waals surface area contributed by atoms with Crippen molar-refractivity contribution < 1.29 is 18.7 Å². The number of rotatable bonds is 9. The van der Waals surface area contributed by atoms with Crippen LogP contribution in [0.1, 0.15) is 5.56 Å². The molecule has 1 aromatic rings. The second-order valence-corrected chi connectivity index (χ2v) is 4.12. The van der Waals surface area contributed by atoms with Gasteiger partial charge < -0.3 is 20.1 Å².